The molecule has 0 bridgehead atoms. The molecule has 0 amide bonds. The van der Waals surface area contributed by atoms with Gasteiger partial charge in [0.1, 0.15) is 0 Å². The molecule has 0 aliphatic carbocycles. The van der Waals surface area contributed by atoms with Crippen LogP contribution in [0.2, 0.25) is 0 Å². The van der Waals surface area contributed by atoms with Crippen molar-refractivity contribution in [1.29, 1.82) is 0 Å². The predicted octanol–water partition coefficient (Wildman–Crippen LogP) is -1.14. The van der Waals surface area contributed by atoms with Gasteiger partial charge in [-0.1, -0.05) is 0 Å². The Morgan fingerprint density at radius 3 is 1.00 bits per heavy atom. The summed E-state index contributed by atoms with van der Waals surface area (Å²) in [7, 11) is 0. The fraction of sp³-hybridized carbons (Fsp3) is 0. The van der Waals surface area contributed by atoms with Gasteiger partial charge in [-0.3, -0.25) is 0 Å². The third kappa shape index (κ3) is 9.55. The van der Waals surface area contributed by atoms with Crippen molar-refractivity contribution in [3.8, 4) is 0 Å². The molecule has 18 valence electrons. The van der Waals surface area contributed by atoms with Crippen LogP contribution < -0.4 is 0 Å². The van der Waals surface area contributed by atoms with Gasteiger partial charge in [0.2, 0.25) is 0 Å². The molecule has 0 rings (SSSR count). The van der Waals surface area contributed by atoms with Crippen molar-refractivity contribution in [2.45, 2.75) is 0 Å². The van der Waals surface area contributed by atoms with Gasteiger partial charge in [0.05, 0.1) is 0 Å². The molecule has 0 aliphatic heterocycles. The molecule has 0 aliphatic rings. The Bertz CT molecular complexity index is 8.00. The largest absolute Gasteiger partial charge is 0 e. The Balaban J connectivity index is 0. The van der Waals surface area contributed by atoms with Gasteiger partial charge in [-0.2, -0.15) is 0 Å². The summed E-state index contributed by atoms with van der Waals surface area (Å²) in [5, 5.41) is 0. The fourth-order valence-electron chi connectivity index (χ4n) is 0. The number of hydrogen-bond donors (Lipinski definition) is 0. The molecule has 0 heterocycles. The van der Waals surface area contributed by atoms with Crippen LogP contribution in [-0.4, -0.2) is 114 Å². The van der Waals surface area contributed by atoms with E-state index in [1.165, 1.54) is 0 Å². The summed E-state index contributed by atoms with van der Waals surface area (Å²) in [4.78, 5) is 0. The summed E-state index contributed by atoms with van der Waals surface area (Å²) in [5.41, 5.74) is 0. The quantitative estimate of drug-likeness (QED) is 0.414. The van der Waals surface area contributed by atoms with Crippen molar-refractivity contribution in [3.63, 3.8) is 0 Å². The smallest absolute Gasteiger partial charge is 0 e. The van der Waals surface area contributed by atoms with E-state index >= 15 is 0 Å². The molecule has 0 spiro atoms. The van der Waals surface area contributed by atoms with Crippen LogP contribution in [0, 0.1) is 0 Å². The summed E-state index contributed by atoms with van der Waals surface area (Å²) in [6, 6.07) is 0. The zero-order chi connectivity index (χ0) is 0. The summed E-state index contributed by atoms with van der Waals surface area (Å²) in [5.74, 6) is 0. The zero-order valence-corrected chi connectivity index (χ0v) is 14.4. The van der Waals surface area contributed by atoms with E-state index < -0.39 is 0 Å². The van der Waals surface area contributed by atoms with Gasteiger partial charge in [-0.05, 0) is 0 Å². The maximum absolute atomic E-state index is 0. The maximum atomic E-state index is 0. The van der Waals surface area contributed by atoms with Gasteiger partial charge in [0.15, 0.2) is 0 Å². The predicted molar refractivity (Wildman–Crippen MR) is 17.3 cm³/mol. The summed E-state index contributed by atoms with van der Waals surface area (Å²) in [6.45, 7) is 0. The van der Waals surface area contributed by atoms with E-state index in [1.807, 2.05) is 0 Å². The third-order valence-electron chi connectivity index (χ3n) is 0. The average Bonchev–Trinajstić information content (AvgIpc) is 0. The van der Waals surface area contributed by atoms with E-state index in [0.29, 0.717) is 0 Å². The van der Waals surface area contributed by atoms with Crippen molar-refractivity contribution in [1.82, 2.24) is 0 Å². The van der Waals surface area contributed by atoms with Crippen LogP contribution in [0.3, 0.4) is 0 Å². The zero-order valence-electron chi connectivity index (χ0n) is 2.29. The molecule has 0 aromatic heterocycles. The van der Waals surface area contributed by atoms with E-state index in [-0.39, 0.29) is 131 Å². The van der Waals surface area contributed by atoms with Gasteiger partial charge in [-0.25, -0.2) is 0 Å². The molecular formula is BaCaCuTl. The normalized spacial score (nSPS) is 0. The summed E-state index contributed by atoms with van der Waals surface area (Å²) < 4.78 is 0. The molecular weight excluding hydrogens is 445 g/mol. The topological polar surface area (TPSA) is 0 Å². The van der Waals surface area contributed by atoms with E-state index in [2.05, 4.69) is 0 Å². The van der Waals surface area contributed by atoms with Gasteiger partial charge in [0.25, 0.3) is 0 Å². The van der Waals surface area contributed by atoms with Crippen molar-refractivity contribution < 1.29 is 17.1 Å². The minimum Gasteiger partial charge on any atom is 0 e. The summed E-state index contributed by atoms with van der Waals surface area (Å²) in [6.07, 6.45) is 0. The van der Waals surface area contributed by atoms with Gasteiger partial charge >= 0.3 is 0 Å². The van der Waals surface area contributed by atoms with E-state index in [9.17, 15) is 0 Å². The second-order valence-electron chi connectivity index (χ2n) is 0. The van der Waals surface area contributed by atoms with Crippen molar-refractivity contribution >= 4 is 114 Å². The average molecular weight is 445 g/mol. The maximum Gasteiger partial charge on any atom is 0 e. The first kappa shape index (κ1) is 24.0. The molecule has 0 N–H and O–H groups in total. The molecule has 6 radical (unpaired) electrons. The van der Waals surface area contributed by atoms with Crippen LogP contribution >= 0.6 is 0 Å². The molecule has 0 nitrogen and oxygen atoms in total. The first-order chi connectivity index (χ1) is 0. The number of hydrogen-bond acceptors (Lipinski definition) is 0. The van der Waals surface area contributed by atoms with E-state index in [1.54, 1.807) is 0 Å². The molecule has 0 unspecified atom stereocenters. The summed E-state index contributed by atoms with van der Waals surface area (Å²) >= 11 is 0. The first-order valence-electron chi connectivity index (χ1n) is 0. The van der Waals surface area contributed by atoms with Gasteiger partial charge in [0, 0.05) is 131 Å². The Kier molecular flexibility index (Phi) is 93.9. The Morgan fingerprint density at radius 1 is 1.00 bits per heavy atom. The fourth-order valence-corrected chi connectivity index (χ4v) is 0. The Hall–Kier alpha value is 4.27. The van der Waals surface area contributed by atoms with Crippen LogP contribution in [0.15, 0.2) is 0 Å². The Labute approximate surface area is 127 Å². The van der Waals surface area contributed by atoms with Crippen LogP contribution in [0.4, 0.5) is 0 Å². The molecule has 0 atom stereocenters. The van der Waals surface area contributed by atoms with Gasteiger partial charge < -0.3 is 0 Å². The standard InChI is InChI=1S/Ba.Ca.Cu.Tl. The minimum absolute atomic E-state index is 0. The molecule has 0 saturated heterocycles. The van der Waals surface area contributed by atoms with Crippen molar-refractivity contribution in [2.24, 2.45) is 0 Å². The second kappa shape index (κ2) is 15.7. The molecule has 4 heteroatoms. The molecule has 0 saturated carbocycles. The SMILES string of the molecule is [Ba].[Ca].[Cu].[Tl]. The third-order valence-corrected chi connectivity index (χ3v) is 0. The monoisotopic (exact) mass is 446 g/mol. The van der Waals surface area contributed by atoms with Crippen LogP contribution in [0.25, 0.3) is 0 Å². The minimum atomic E-state index is 0. The van der Waals surface area contributed by atoms with Crippen molar-refractivity contribution in [3.05, 3.63) is 0 Å². The van der Waals surface area contributed by atoms with Crippen LogP contribution in [0.5, 0.6) is 0 Å². The van der Waals surface area contributed by atoms with Crippen molar-refractivity contribution in [2.75, 3.05) is 0 Å². The van der Waals surface area contributed by atoms with Crippen LogP contribution in [-0.2, 0) is 17.1 Å². The molecule has 0 fully saturated rings. The Morgan fingerprint density at radius 2 is 1.00 bits per heavy atom. The molecule has 0 aromatic carbocycles. The second-order valence-corrected chi connectivity index (χ2v) is 0. The molecule has 4 heavy (non-hydrogen) atoms. The first-order valence-corrected chi connectivity index (χ1v) is 0. The number of rotatable bonds is 0. The van der Waals surface area contributed by atoms with E-state index in [0.717, 1.165) is 0 Å². The van der Waals surface area contributed by atoms with Gasteiger partial charge in [-0.15, -0.1) is 0 Å². The molecule has 0 aromatic rings. The van der Waals surface area contributed by atoms with Crippen LogP contribution in [0.1, 0.15) is 0 Å². The van der Waals surface area contributed by atoms with E-state index in [4.69, 9.17) is 0 Å².